The third-order valence-electron chi connectivity index (χ3n) is 2.29. The number of aromatic carboxylic acids is 1. The number of nitrogens with one attached hydrogen (secondary N) is 1. The van der Waals surface area contributed by atoms with Crippen LogP contribution in [0.5, 0.6) is 0 Å². The minimum absolute atomic E-state index is 0.00742. The van der Waals surface area contributed by atoms with Crippen molar-refractivity contribution in [3.8, 4) is 0 Å². The fourth-order valence-corrected chi connectivity index (χ4v) is 1.97. The van der Waals surface area contributed by atoms with Crippen molar-refractivity contribution in [3.05, 3.63) is 51.6 Å². The van der Waals surface area contributed by atoms with Gasteiger partial charge in [0.15, 0.2) is 5.76 Å². The number of anilines is 1. The fourth-order valence-electron chi connectivity index (χ4n) is 1.41. The molecule has 0 atom stereocenters. The van der Waals surface area contributed by atoms with E-state index >= 15 is 0 Å². The van der Waals surface area contributed by atoms with Crippen LogP contribution in [0.3, 0.4) is 0 Å². The van der Waals surface area contributed by atoms with Crippen molar-refractivity contribution < 1.29 is 23.5 Å². The standard InChI is InChI=1S/C12H6Cl2FNO4/c13-6-3-5(15)4-7(14)10(6)16-11(17)8-1-2-9(20-8)12(18)19/h1-4H,(H,16,17)(H,18,19). The normalized spacial score (nSPS) is 10.3. The number of carbonyl (C=O) groups excluding carboxylic acids is 1. The second-order valence-corrected chi connectivity index (χ2v) is 4.48. The van der Waals surface area contributed by atoms with E-state index in [0.717, 1.165) is 18.2 Å². The lowest BCUT2D eigenvalue weighted by Crippen LogP contribution is -2.12. The van der Waals surface area contributed by atoms with Gasteiger partial charge in [0.25, 0.3) is 5.91 Å². The van der Waals surface area contributed by atoms with Crippen LogP contribution in [0.4, 0.5) is 10.1 Å². The van der Waals surface area contributed by atoms with Crippen molar-refractivity contribution in [2.75, 3.05) is 5.32 Å². The van der Waals surface area contributed by atoms with E-state index in [2.05, 4.69) is 5.32 Å². The molecule has 2 rings (SSSR count). The summed E-state index contributed by atoms with van der Waals surface area (Å²) in [6, 6.07) is 4.27. The number of halogens is 3. The number of hydrogen-bond donors (Lipinski definition) is 2. The third-order valence-corrected chi connectivity index (χ3v) is 2.88. The zero-order valence-electron chi connectivity index (χ0n) is 9.62. The summed E-state index contributed by atoms with van der Waals surface area (Å²) in [7, 11) is 0. The van der Waals surface area contributed by atoms with Gasteiger partial charge in [-0.05, 0) is 24.3 Å². The largest absolute Gasteiger partial charge is 0.475 e. The van der Waals surface area contributed by atoms with Crippen molar-refractivity contribution in [1.29, 1.82) is 0 Å². The summed E-state index contributed by atoms with van der Waals surface area (Å²) in [6.45, 7) is 0. The van der Waals surface area contributed by atoms with Gasteiger partial charge in [0.2, 0.25) is 5.76 Å². The highest BCUT2D eigenvalue weighted by molar-refractivity contribution is 6.40. The number of hydrogen-bond acceptors (Lipinski definition) is 3. The number of benzene rings is 1. The Kier molecular flexibility index (Phi) is 3.96. The van der Waals surface area contributed by atoms with Gasteiger partial charge in [-0.2, -0.15) is 0 Å². The van der Waals surface area contributed by atoms with Crippen molar-refractivity contribution in [2.24, 2.45) is 0 Å². The molecule has 20 heavy (non-hydrogen) atoms. The maximum absolute atomic E-state index is 13.0. The molecular weight excluding hydrogens is 312 g/mol. The summed E-state index contributed by atoms with van der Waals surface area (Å²) in [5.74, 6) is -3.33. The molecule has 0 aliphatic carbocycles. The predicted molar refractivity (Wildman–Crippen MR) is 70.0 cm³/mol. The number of rotatable bonds is 3. The molecule has 1 amide bonds. The average molecular weight is 318 g/mol. The fraction of sp³-hybridized carbons (Fsp3) is 0. The minimum Gasteiger partial charge on any atom is -0.475 e. The van der Waals surface area contributed by atoms with Crippen LogP contribution < -0.4 is 5.32 Å². The molecule has 1 aromatic heterocycles. The van der Waals surface area contributed by atoms with E-state index in [4.69, 9.17) is 32.7 Å². The quantitative estimate of drug-likeness (QED) is 0.905. The Balaban J connectivity index is 2.25. The smallest absolute Gasteiger partial charge is 0.371 e. The van der Waals surface area contributed by atoms with E-state index in [1.807, 2.05) is 0 Å². The van der Waals surface area contributed by atoms with Gasteiger partial charge in [-0.1, -0.05) is 23.2 Å². The highest BCUT2D eigenvalue weighted by Crippen LogP contribution is 2.31. The molecule has 1 heterocycles. The summed E-state index contributed by atoms with van der Waals surface area (Å²) >= 11 is 11.5. The van der Waals surface area contributed by atoms with E-state index in [9.17, 15) is 14.0 Å². The van der Waals surface area contributed by atoms with Crippen molar-refractivity contribution in [2.45, 2.75) is 0 Å². The Labute approximate surface area is 121 Å². The molecule has 8 heteroatoms. The van der Waals surface area contributed by atoms with E-state index in [-0.39, 0.29) is 27.3 Å². The van der Waals surface area contributed by atoms with Gasteiger partial charge in [-0.25, -0.2) is 9.18 Å². The Morgan fingerprint density at radius 1 is 1.15 bits per heavy atom. The second-order valence-electron chi connectivity index (χ2n) is 3.67. The zero-order chi connectivity index (χ0) is 14.9. The molecule has 0 spiro atoms. The molecule has 104 valence electrons. The molecule has 2 aromatic rings. The average Bonchev–Trinajstić information content (AvgIpc) is 2.83. The minimum atomic E-state index is -1.30. The van der Waals surface area contributed by atoms with Crippen LogP contribution in [0.25, 0.3) is 0 Å². The van der Waals surface area contributed by atoms with Crippen LogP contribution in [0.2, 0.25) is 10.0 Å². The van der Waals surface area contributed by atoms with Crippen molar-refractivity contribution in [3.63, 3.8) is 0 Å². The molecule has 0 bridgehead atoms. The summed E-state index contributed by atoms with van der Waals surface area (Å²) in [5, 5.41) is 10.8. The van der Waals surface area contributed by atoms with Crippen LogP contribution in [-0.4, -0.2) is 17.0 Å². The van der Waals surface area contributed by atoms with Gasteiger partial charge < -0.3 is 14.8 Å². The van der Waals surface area contributed by atoms with Crippen LogP contribution in [-0.2, 0) is 0 Å². The van der Waals surface area contributed by atoms with Gasteiger partial charge in [-0.15, -0.1) is 0 Å². The first kappa shape index (κ1) is 14.4. The second kappa shape index (κ2) is 5.52. The van der Waals surface area contributed by atoms with Gasteiger partial charge in [0.1, 0.15) is 5.82 Å². The van der Waals surface area contributed by atoms with Gasteiger partial charge in [0.05, 0.1) is 15.7 Å². The molecule has 0 saturated heterocycles. The van der Waals surface area contributed by atoms with E-state index in [1.165, 1.54) is 6.07 Å². The summed E-state index contributed by atoms with van der Waals surface area (Å²) < 4.78 is 17.8. The van der Waals surface area contributed by atoms with Crippen LogP contribution in [0, 0.1) is 5.82 Å². The monoisotopic (exact) mass is 317 g/mol. The first-order valence-electron chi connectivity index (χ1n) is 5.17. The summed E-state index contributed by atoms with van der Waals surface area (Å²) in [6.07, 6.45) is 0. The highest BCUT2D eigenvalue weighted by Gasteiger charge is 2.17. The molecule has 1 aromatic carbocycles. The molecule has 0 unspecified atom stereocenters. The Bertz CT molecular complexity index is 676. The lowest BCUT2D eigenvalue weighted by molar-refractivity contribution is 0.0660. The van der Waals surface area contributed by atoms with Gasteiger partial charge in [-0.3, -0.25) is 4.79 Å². The molecule has 0 fully saturated rings. The van der Waals surface area contributed by atoms with Gasteiger partial charge in [0, 0.05) is 0 Å². The SMILES string of the molecule is O=C(O)c1ccc(C(=O)Nc2c(Cl)cc(F)cc2Cl)o1. The van der Waals surface area contributed by atoms with E-state index in [1.54, 1.807) is 0 Å². The van der Waals surface area contributed by atoms with E-state index in [0.29, 0.717) is 0 Å². The molecule has 0 radical (unpaired) electrons. The number of carboxylic acid groups (broad SMARTS) is 1. The number of carbonyl (C=O) groups is 2. The first-order chi connectivity index (χ1) is 9.38. The molecular formula is C12H6Cl2FNO4. The number of carboxylic acids is 1. The van der Waals surface area contributed by atoms with Crippen molar-refractivity contribution in [1.82, 2.24) is 0 Å². The van der Waals surface area contributed by atoms with Crippen LogP contribution in [0.15, 0.2) is 28.7 Å². The first-order valence-corrected chi connectivity index (χ1v) is 5.93. The third kappa shape index (κ3) is 2.92. The predicted octanol–water partition coefficient (Wildman–Crippen LogP) is 3.68. The molecule has 0 aliphatic rings. The van der Waals surface area contributed by atoms with Gasteiger partial charge >= 0.3 is 5.97 Å². The van der Waals surface area contributed by atoms with E-state index < -0.39 is 17.7 Å². The topological polar surface area (TPSA) is 79.5 Å². The lowest BCUT2D eigenvalue weighted by atomic mass is 10.3. The molecule has 2 N–H and O–H groups in total. The maximum atomic E-state index is 13.0. The maximum Gasteiger partial charge on any atom is 0.371 e. The van der Waals surface area contributed by atoms with Crippen molar-refractivity contribution >= 4 is 40.8 Å². The number of furan rings is 1. The lowest BCUT2D eigenvalue weighted by Gasteiger charge is -2.08. The molecule has 0 saturated carbocycles. The van der Waals surface area contributed by atoms with Crippen LogP contribution >= 0.6 is 23.2 Å². The molecule has 5 nitrogen and oxygen atoms in total. The number of amides is 1. The summed E-state index contributed by atoms with van der Waals surface area (Å²) in [4.78, 5) is 22.5. The Morgan fingerprint density at radius 3 is 2.20 bits per heavy atom. The molecule has 0 aliphatic heterocycles. The summed E-state index contributed by atoms with van der Waals surface area (Å²) in [5.41, 5.74) is 0.00742. The zero-order valence-corrected chi connectivity index (χ0v) is 11.1. The van der Waals surface area contributed by atoms with Crippen LogP contribution in [0.1, 0.15) is 21.1 Å². The Morgan fingerprint density at radius 2 is 1.70 bits per heavy atom. The Hall–Kier alpha value is -2.05. The highest BCUT2D eigenvalue weighted by atomic mass is 35.5.